The lowest BCUT2D eigenvalue weighted by atomic mass is 10.1. The van der Waals surface area contributed by atoms with Crippen molar-refractivity contribution in [1.29, 1.82) is 0 Å². The number of nitrogens with zero attached hydrogens (tertiary/aromatic N) is 2. The highest BCUT2D eigenvalue weighted by Crippen LogP contribution is 2.31. The minimum absolute atomic E-state index is 0.123. The molecule has 2 aromatic rings. The lowest BCUT2D eigenvalue weighted by Gasteiger charge is -2.12. The van der Waals surface area contributed by atoms with Crippen LogP contribution in [0.4, 0.5) is 5.69 Å². The van der Waals surface area contributed by atoms with Crippen molar-refractivity contribution in [2.24, 2.45) is 5.10 Å². The molecule has 0 fully saturated rings. The number of amides is 1. The lowest BCUT2D eigenvalue weighted by Crippen LogP contribution is -2.21. The van der Waals surface area contributed by atoms with Crippen LogP contribution in [0.15, 0.2) is 53.1 Å². The summed E-state index contributed by atoms with van der Waals surface area (Å²) >= 11 is 0. The predicted molar refractivity (Wildman–Crippen MR) is 111 cm³/mol. The van der Waals surface area contributed by atoms with Crippen molar-refractivity contribution in [1.82, 2.24) is 0 Å². The molecule has 0 saturated carbocycles. The van der Waals surface area contributed by atoms with Gasteiger partial charge in [-0.1, -0.05) is 6.07 Å². The molecule has 0 aliphatic carbocycles. The smallest absolute Gasteiger partial charge is 0.335 e. The molecule has 8 nitrogen and oxygen atoms in total. The van der Waals surface area contributed by atoms with E-state index in [0.717, 1.165) is 0 Å². The number of rotatable bonds is 6. The number of carbonyl (C=O) groups is 3. The summed E-state index contributed by atoms with van der Waals surface area (Å²) in [4.78, 5) is 35.2. The normalized spacial score (nSPS) is 14.6. The van der Waals surface area contributed by atoms with Gasteiger partial charge in [0.1, 0.15) is 0 Å². The van der Waals surface area contributed by atoms with Crippen LogP contribution in [0.3, 0.4) is 0 Å². The molecular formula is C22H20N2O6. The van der Waals surface area contributed by atoms with E-state index >= 15 is 0 Å². The molecule has 1 aliphatic rings. The third-order valence-corrected chi connectivity index (χ3v) is 4.25. The highest BCUT2D eigenvalue weighted by Gasteiger charge is 2.29. The second kappa shape index (κ2) is 8.60. The number of benzene rings is 2. The number of anilines is 1. The summed E-state index contributed by atoms with van der Waals surface area (Å²) < 4.78 is 10.7. The van der Waals surface area contributed by atoms with Crippen LogP contribution in [0.25, 0.3) is 6.08 Å². The van der Waals surface area contributed by atoms with Gasteiger partial charge >= 0.3 is 11.9 Å². The highest BCUT2D eigenvalue weighted by atomic mass is 16.6. The summed E-state index contributed by atoms with van der Waals surface area (Å²) in [5, 5.41) is 14.5. The number of aromatic carboxylic acids is 1. The van der Waals surface area contributed by atoms with Crippen LogP contribution in [0.1, 0.15) is 36.7 Å². The predicted octanol–water partition coefficient (Wildman–Crippen LogP) is 3.51. The van der Waals surface area contributed by atoms with Crippen molar-refractivity contribution >= 4 is 35.3 Å². The summed E-state index contributed by atoms with van der Waals surface area (Å²) in [6, 6.07) is 10.9. The Kier molecular flexibility index (Phi) is 5.96. The Morgan fingerprint density at radius 1 is 1.13 bits per heavy atom. The minimum atomic E-state index is -1.04. The number of hydrogen-bond acceptors (Lipinski definition) is 6. The number of hydrogen-bond donors (Lipinski definition) is 1. The third-order valence-electron chi connectivity index (χ3n) is 4.25. The van der Waals surface area contributed by atoms with Crippen molar-refractivity contribution in [3.63, 3.8) is 0 Å². The number of carboxylic acid groups (broad SMARTS) is 1. The molecule has 0 spiro atoms. The minimum Gasteiger partial charge on any atom is -0.490 e. The molecule has 1 aliphatic heterocycles. The molecule has 0 aromatic heterocycles. The topological polar surface area (TPSA) is 106 Å². The first-order valence-corrected chi connectivity index (χ1v) is 9.20. The van der Waals surface area contributed by atoms with Crippen LogP contribution >= 0.6 is 0 Å². The summed E-state index contributed by atoms with van der Waals surface area (Å²) in [6.45, 7) is 5.22. The lowest BCUT2D eigenvalue weighted by molar-refractivity contribution is -0.132. The average molecular weight is 408 g/mol. The van der Waals surface area contributed by atoms with E-state index in [0.29, 0.717) is 40.6 Å². The summed E-state index contributed by atoms with van der Waals surface area (Å²) in [5.41, 5.74) is 2.17. The van der Waals surface area contributed by atoms with Crippen molar-refractivity contribution < 1.29 is 29.0 Å². The van der Waals surface area contributed by atoms with E-state index in [2.05, 4.69) is 5.10 Å². The van der Waals surface area contributed by atoms with E-state index < -0.39 is 11.9 Å². The van der Waals surface area contributed by atoms with Crippen molar-refractivity contribution in [3.8, 4) is 11.5 Å². The van der Waals surface area contributed by atoms with Gasteiger partial charge in [-0.05, 0) is 61.9 Å². The van der Waals surface area contributed by atoms with Gasteiger partial charge in [-0.25, -0.2) is 4.79 Å². The van der Waals surface area contributed by atoms with Gasteiger partial charge in [0.25, 0.3) is 5.91 Å². The van der Waals surface area contributed by atoms with E-state index in [1.165, 1.54) is 36.2 Å². The quantitative estimate of drug-likeness (QED) is 0.445. The molecule has 1 N–H and O–H groups in total. The zero-order chi connectivity index (χ0) is 21.8. The van der Waals surface area contributed by atoms with Crippen LogP contribution in [0.2, 0.25) is 0 Å². The zero-order valence-corrected chi connectivity index (χ0v) is 16.7. The zero-order valence-electron chi connectivity index (χ0n) is 16.7. The van der Waals surface area contributed by atoms with Gasteiger partial charge in [0.15, 0.2) is 11.5 Å². The molecule has 1 amide bonds. The van der Waals surface area contributed by atoms with Gasteiger partial charge in [-0.3, -0.25) is 9.59 Å². The molecule has 1 heterocycles. The Morgan fingerprint density at radius 3 is 2.43 bits per heavy atom. The Bertz CT molecular complexity index is 1070. The second-order valence-electron chi connectivity index (χ2n) is 6.45. The maximum Gasteiger partial charge on any atom is 0.335 e. The van der Waals surface area contributed by atoms with Crippen LogP contribution in [0, 0.1) is 0 Å². The molecule has 0 bridgehead atoms. The summed E-state index contributed by atoms with van der Waals surface area (Å²) in [6.07, 6.45) is 1.67. The van der Waals surface area contributed by atoms with E-state index in [1.807, 2.05) is 6.92 Å². The number of hydrazone groups is 1. The van der Waals surface area contributed by atoms with E-state index in [9.17, 15) is 14.4 Å². The summed E-state index contributed by atoms with van der Waals surface area (Å²) in [7, 11) is 0. The standard InChI is InChI=1S/C22H20N2O6/c1-4-29-20-12-15(5-10-19(20)30-14(3)25)11-18-13(2)23-24(21(18)26)17-8-6-16(7-9-17)22(27)28/h5-12H,4H2,1-3H3,(H,27,28)/b18-11+. The monoisotopic (exact) mass is 408 g/mol. The first kappa shape index (κ1) is 20.8. The Labute approximate surface area is 173 Å². The van der Waals surface area contributed by atoms with E-state index in [-0.39, 0.29) is 11.5 Å². The van der Waals surface area contributed by atoms with Crippen molar-refractivity contribution in [2.45, 2.75) is 20.8 Å². The number of esters is 1. The van der Waals surface area contributed by atoms with Crippen LogP contribution in [-0.2, 0) is 9.59 Å². The first-order chi connectivity index (χ1) is 14.3. The fourth-order valence-corrected chi connectivity index (χ4v) is 2.89. The van der Waals surface area contributed by atoms with Gasteiger partial charge in [0.05, 0.1) is 29.1 Å². The summed E-state index contributed by atoms with van der Waals surface area (Å²) in [5.74, 6) is -1.15. The van der Waals surface area contributed by atoms with Crippen molar-refractivity contribution in [3.05, 3.63) is 59.2 Å². The first-order valence-electron chi connectivity index (χ1n) is 9.20. The Balaban J connectivity index is 1.90. The molecule has 8 heteroatoms. The number of ether oxygens (including phenoxy) is 2. The van der Waals surface area contributed by atoms with Gasteiger partial charge in [0, 0.05) is 6.92 Å². The van der Waals surface area contributed by atoms with Crippen LogP contribution < -0.4 is 14.5 Å². The molecule has 3 rings (SSSR count). The number of carbonyl (C=O) groups excluding carboxylic acids is 2. The van der Waals surface area contributed by atoms with Gasteiger partial charge < -0.3 is 14.6 Å². The molecular weight excluding hydrogens is 388 g/mol. The van der Waals surface area contributed by atoms with Crippen LogP contribution in [0.5, 0.6) is 11.5 Å². The molecule has 0 atom stereocenters. The maximum absolute atomic E-state index is 12.9. The van der Waals surface area contributed by atoms with Gasteiger partial charge in [-0.2, -0.15) is 10.1 Å². The largest absolute Gasteiger partial charge is 0.490 e. The SMILES string of the molecule is CCOc1cc(/C=C2/C(=O)N(c3ccc(C(=O)O)cc3)N=C2C)ccc1OC(C)=O. The Hall–Kier alpha value is -3.94. The molecule has 0 saturated heterocycles. The highest BCUT2D eigenvalue weighted by molar-refractivity contribution is 6.32. The number of carboxylic acids is 1. The van der Waals surface area contributed by atoms with Crippen molar-refractivity contribution in [2.75, 3.05) is 11.6 Å². The van der Waals surface area contributed by atoms with E-state index in [1.54, 1.807) is 31.2 Å². The van der Waals surface area contributed by atoms with Crippen LogP contribution in [-0.4, -0.2) is 35.3 Å². The second-order valence-corrected chi connectivity index (χ2v) is 6.45. The molecule has 0 radical (unpaired) electrons. The fraction of sp³-hybridized carbons (Fsp3) is 0.182. The molecule has 154 valence electrons. The average Bonchev–Trinajstić information content (AvgIpc) is 2.98. The van der Waals surface area contributed by atoms with Gasteiger partial charge in [-0.15, -0.1) is 0 Å². The third kappa shape index (κ3) is 4.38. The van der Waals surface area contributed by atoms with Gasteiger partial charge in [0.2, 0.25) is 0 Å². The maximum atomic E-state index is 12.9. The molecule has 30 heavy (non-hydrogen) atoms. The molecule has 0 unspecified atom stereocenters. The fourth-order valence-electron chi connectivity index (χ4n) is 2.89. The van der Waals surface area contributed by atoms with E-state index in [4.69, 9.17) is 14.6 Å². The molecule has 2 aromatic carbocycles. The Morgan fingerprint density at radius 2 is 1.83 bits per heavy atom.